The molecule has 5 nitrogen and oxygen atoms in total. The first kappa shape index (κ1) is 10.1. The zero-order chi connectivity index (χ0) is 10.7. The molecule has 1 fully saturated rings. The summed E-state index contributed by atoms with van der Waals surface area (Å²) >= 11 is 0. The van der Waals surface area contributed by atoms with Gasteiger partial charge >= 0.3 is 0 Å². The molecule has 2 heterocycles. The molecule has 1 aliphatic heterocycles. The van der Waals surface area contributed by atoms with Crippen molar-refractivity contribution < 1.29 is 4.79 Å². The highest BCUT2D eigenvalue weighted by molar-refractivity contribution is 5.90. The quantitative estimate of drug-likeness (QED) is 0.788. The van der Waals surface area contributed by atoms with Gasteiger partial charge in [-0.1, -0.05) is 6.92 Å². The Labute approximate surface area is 88.9 Å². The number of hydrogen-bond acceptors (Lipinski definition) is 3. The van der Waals surface area contributed by atoms with Crippen LogP contribution in [0.3, 0.4) is 0 Å². The molecule has 1 aromatic rings. The summed E-state index contributed by atoms with van der Waals surface area (Å²) in [6.45, 7) is 3.67. The number of likely N-dealkylation sites (tertiary alicyclic amines) is 1. The van der Waals surface area contributed by atoms with Gasteiger partial charge in [-0.05, 0) is 19.3 Å². The molecule has 0 radical (unpaired) electrons. The summed E-state index contributed by atoms with van der Waals surface area (Å²) in [5.41, 5.74) is 0. The second-order valence-electron chi connectivity index (χ2n) is 3.81. The predicted molar refractivity (Wildman–Crippen MR) is 55.5 cm³/mol. The number of piperidine rings is 1. The first-order valence-corrected chi connectivity index (χ1v) is 5.52. The average molecular weight is 208 g/mol. The van der Waals surface area contributed by atoms with E-state index in [-0.39, 0.29) is 5.91 Å². The number of amides is 1. The van der Waals surface area contributed by atoms with Crippen molar-refractivity contribution >= 4 is 5.91 Å². The Kier molecular flexibility index (Phi) is 2.99. The Hall–Kier alpha value is -1.39. The Morgan fingerprint density at radius 3 is 2.73 bits per heavy atom. The number of carbonyl (C=O) groups excluding carboxylic acids is 1. The van der Waals surface area contributed by atoms with Crippen molar-refractivity contribution in [1.82, 2.24) is 20.1 Å². The highest BCUT2D eigenvalue weighted by Crippen LogP contribution is 2.11. The lowest BCUT2D eigenvalue weighted by atomic mass is 10.1. The van der Waals surface area contributed by atoms with Gasteiger partial charge in [-0.3, -0.25) is 9.89 Å². The van der Waals surface area contributed by atoms with Crippen molar-refractivity contribution in [3.63, 3.8) is 0 Å². The third-order valence-corrected chi connectivity index (χ3v) is 2.70. The van der Waals surface area contributed by atoms with Gasteiger partial charge in [0.25, 0.3) is 5.91 Å². The van der Waals surface area contributed by atoms with Crippen LogP contribution in [0, 0.1) is 0 Å². The molecule has 0 aromatic carbocycles. The van der Waals surface area contributed by atoms with Crippen LogP contribution >= 0.6 is 0 Å². The number of hydrogen-bond donors (Lipinski definition) is 1. The summed E-state index contributed by atoms with van der Waals surface area (Å²) in [7, 11) is 0. The molecule has 15 heavy (non-hydrogen) atoms. The van der Waals surface area contributed by atoms with Crippen LogP contribution in [0.5, 0.6) is 0 Å². The van der Waals surface area contributed by atoms with Crippen molar-refractivity contribution in [2.24, 2.45) is 0 Å². The van der Waals surface area contributed by atoms with Gasteiger partial charge in [-0.25, -0.2) is 4.98 Å². The molecule has 5 heteroatoms. The summed E-state index contributed by atoms with van der Waals surface area (Å²) in [6.07, 6.45) is 4.19. The van der Waals surface area contributed by atoms with Gasteiger partial charge in [0.05, 0.1) is 0 Å². The number of rotatable bonds is 2. The normalized spacial score (nSPS) is 16.7. The molecule has 0 bridgehead atoms. The molecule has 82 valence electrons. The van der Waals surface area contributed by atoms with E-state index in [0.29, 0.717) is 5.82 Å². The van der Waals surface area contributed by atoms with E-state index in [9.17, 15) is 4.79 Å². The number of aromatic nitrogens is 3. The van der Waals surface area contributed by atoms with E-state index in [4.69, 9.17) is 0 Å². The largest absolute Gasteiger partial charge is 0.336 e. The zero-order valence-corrected chi connectivity index (χ0v) is 8.99. The van der Waals surface area contributed by atoms with Gasteiger partial charge in [0.1, 0.15) is 5.82 Å². The number of aryl methyl sites for hydroxylation is 1. The second kappa shape index (κ2) is 4.42. The summed E-state index contributed by atoms with van der Waals surface area (Å²) in [5, 5.41) is 6.70. The molecule has 0 saturated carbocycles. The number of carbonyl (C=O) groups is 1. The molecule has 0 spiro atoms. The van der Waals surface area contributed by atoms with Crippen LogP contribution in [0.1, 0.15) is 42.6 Å². The molecule has 0 unspecified atom stereocenters. The fourth-order valence-electron chi connectivity index (χ4n) is 1.79. The Morgan fingerprint density at radius 1 is 1.40 bits per heavy atom. The number of nitrogens with zero attached hydrogens (tertiary/aromatic N) is 3. The SMILES string of the molecule is CCc1nc(C(=O)N2CCCCC2)n[nH]1. The van der Waals surface area contributed by atoms with Crippen LogP contribution < -0.4 is 0 Å². The standard InChI is InChI=1S/C10H16N4O/c1-2-8-11-9(13-12-8)10(15)14-6-4-3-5-7-14/h2-7H2,1H3,(H,11,12,13). The zero-order valence-electron chi connectivity index (χ0n) is 8.99. The Morgan fingerprint density at radius 2 is 2.13 bits per heavy atom. The van der Waals surface area contributed by atoms with Gasteiger partial charge in [0, 0.05) is 19.5 Å². The van der Waals surface area contributed by atoms with Gasteiger partial charge in [-0.2, -0.15) is 0 Å². The van der Waals surface area contributed by atoms with Crippen LogP contribution in [-0.4, -0.2) is 39.1 Å². The highest BCUT2D eigenvalue weighted by atomic mass is 16.2. The Bertz CT molecular complexity index is 341. The Balaban J connectivity index is 2.05. The predicted octanol–water partition coefficient (Wildman–Crippen LogP) is 0.993. The van der Waals surface area contributed by atoms with Crippen LogP contribution in [0.25, 0.3) is 0 Å². The molecule has 1 saturated heterocycles. The van der Waals surface area contributed by atoms with Gasteiger partial charge < -0.3 is 4.90 Å². The number of aromatic amines is 1. The minimum absolute atomic E-state index is 0.0364. The van der Waals surface area contributed by atoms with Crippen molar-refractivity contribution in [2.75, 3.05) is 13.1 Å². The van der Waals surface area contributed by atoms with E-state index in [1.165, 1.54) is 6.42 Å². The lowest BCUT2D eigenvalue weighted by Crippen LogP contribution is -2.36. The molecule has 0 aliphatic carbocycles. The fraction of sp³-hybridized carbons (Fsp3) is 0.700. The summed E-state index contributed by atoms with van der Waals surface area (Å²) in [5.74, 6) is 1.05. The minimum atomic E-state index is -0.0364. The van der Waals surface area contributed by atoms with Crippen LogP contribution in [0.15, 0.2) is 0 Å². The minimum Gasteiger partial charge on any atom is -0.336 e. The highest BCUT2D eigenvalue weighted by Gasteiger charge is 2.21. The molecular formula is C10H16N4O. The number of H-pyrrole nitrogens is 1. The van der Waals surface area contributed by atoms with Crippen molar-refractivity contribution in [2.45, 2.75) is 32.6 Å². The molecule has 1 aromatic heterocycles. The van der Waals surface area contributed by atoms with E-state index in [1.807, 2.05) is 11.8 Å². The number of nitrogens with one attached hydrogen (secondary N) is 1. The lowest BCUT2D eigenvalue weighted by molar-refractivity contribution is 0.0712. The summed E-state index contributed by atoms with van der Waals surface area (Å²) in [4.78, 5) is 17.9. The lowest BCUT2D eigenvalue weighted by Gasteiger charge is -2.25. The van der Waals surface area contributed by atoms with E-state index in [2.05, 4.69) is 15.2 Å². The third kappa shape index (κ3) is 2.16. The molecule has 2 rings (SSSR count). The smallest absolute Gasteiger partial charge is 0.293 e. The van der Waals surface area contributed by atoms with E-state index in [1.54, 1.807) is 0 Å². The molecule has 1 amide bonds. The van der Waals surface area contributed by atoms with Crippen molar-refractivity contribution in [1.29, 1.82) is 0 Å². The average Bonchev–Trinajstić information content (AvgIpc) is 2.78. The summed E-state index contributed by atoms with van der Waals surface area (Å²) < 4.78 is 0. The van der Waals surface area contributed by atoms with Crippen molar-refractivity contribution in [3.8, 4) is 0 Å². The molecular weight excluding hydrogens is 192 g/mol. The first-order valence-electron chi connectivity index (χ1n) is 5.52. The van der Waals surface area contributed by atoms with Crippen molar-refractivity contribution in [3.05, 3.63) is 11.6 Å². The van der Waals surface area contributed by atoms with Crippen LogP contribution in [-0.2, 0) is 6.42 Å². The first-order chi connectivity index (χ1) is 7.31. The molecule has 1 aliphatic rings. The maximum atomic E-state index is 11.9. The van der Waals surface area contributed by atoms with Crippen LogP contribution in [0.4, 0.5) is 0 Å². The fourth-order valence-corrected chi connectivity index (χ4v) is 1.79. The summed E-state index contributed by atoms with van der Waals surface area (Å²) in [6, 6.07) is 0. The van der Waals surface area contributed by atoms with E-state index >= 15 is 0 Å². The van der Waals surface area contributed by atoms with E-state index < -0.39 is 0 Å². The van der Waals surface area contributed by atoms with Gasteiger partial charge in [-0.15, -0.1) is 5.10 Å². The molecule has 1 N–H and O–H groups in total. The molecule has 0 atom stereocenters. The topological polar surface area (TPSA) is 61.9 Å². The van der Waals surface area contributed by atoms with E-state index in [0.717, 1.165) is 38.2 Å². The second-order valence-corrected chi connectivity index (χ2v) is 3.81. The van der Waals surface area contributed by atoms with Gasteiger partial charge in [0.15, 0.2) is 0 Å². The monoisotopic (exact) mass is 208 g/mol. The maximum absolute atomic E-state index is 11.9. The van der Waals surface area contributed by atoms with Gasteiger partial charge in [0.2, 0.25) is 5.82 Å². The third-order valence-electron chi connectivity index (χ3n) is 2.70. The maximum Gasteiger partial charge on any atom is 0.293 e. The van der Waals surface area contributed by atoms with Crippen LogP contribution in [0.2, 0.25) is 0 Å².